The number of benzene rings is 1. The van der Waals surface area contributed by atoms with Crippen molar-refractivity contribution in [1.82, 2.24) is 9.47 Å². The highest BCUT2D eigenvalue weighted by molar-refractivity contribution is 6.32. The van der Waals surface area contributed by atoms with E-state index in [0.717, 1.165) is 0 Å². The number of likely N-dealkylation sites (tertiary alicyclic amines) is 1. The number of allylic oxidation sites excluding steroid dienone is 5. The topological polar surface area (TPSA) is 42.3 Å². The van der Waals surface area contributed by atoms with Gasteiger partial charge in [-0.15, -0.1) is 0 Å². The number of ketones is 1. The number of piperidine rings is 1. The number of Topliss-reactive ketones (excluding diaryl/α,β-unsaturated/α-hetero) is 1. The molecule has 0 bridgehead atoms. The fourth-order valence-corrected chi connectivity index (χ4v) is 3.65. The van der Waals surface area contributed by atoms with E-state index in [9.17, 15) is 9.59 Å². The first-order valence-electron chi connectivity index (χ1n) is 9.60. The van der Waals surface area contributed by atoms with E-state index in [1.807, 2.05) is 37.5 Å². The summed E-state index contributed by atoms with van der Waals surface area (Å²) in [5.74, 6) is -0.335. The van der Waals surface area contributed by atoms with Crippen molar-refractivity contribution in [3.63, 3.8) is 0 Å². The highest BCUT2D eigenvalue weighted by Gasteiger charge is 2.30. The molecule has 1 aliphatic rings. The predicted molar refractivity (Wildman–Crippen MR) is 127 cm³/mol. The Labute approximate surface area is 192 Å². The zero-order chi connectivity index (χ0) is 22.5. The van der Waals surface area contributed by atoms with Crippen molar-refractivity contribution in [2.75, 3.05) is 13.1 Å². The van der Waals surface area contributed by atoms with Gasteiger partial charge < -0.3 is 9.47 Å². The second-order valence-electron chi connectivity index (χ2n) is 7.12. The Bertz CT molecular complexity index is 1150. The number of halogens is 2. The van der Waals surface area contributed by atoms with Crippen LogP contribution in [0.25, 0.3) is 6.08 Å². The molecule has 158 valence electrons. The van der Waals surface area contributed by atoms with Gasteiger partial charge in [0.25, 0.3) is 5.91 Å². The monoisotopic (exact) mass is 452 g/mol. The van der Waals surface area contributed by atoms with E-state index < -0.39 is 0 Å². The number of rotatable bonds is 5. The van der Waals surface area contributed by atoms with Crippen LogP contribution < -0.4 is 0 Å². The number of hydrogen-bond acceptors (Lipinski definition) is 2. The summed E-state index contributed by atoms with van der Waals surface area (Å²) in [5, 5.41) is 0.809. The first kappa shape index (κ1) is 22.6. The molecule has 1 saturated heterocycles. The van der Waals surface area contributed by atoms with Gasteiger partial charge in [0.2, 0.25) is 0 Å². The molecule has 2 heterocycles. The van der Waals surface area contributed by atoms with Crippen molar-refractivity contribution in [3.05, 3.63) is 112 Å². The summed E-state index contributed by atoms with van der Waals surface area (Å²) >= 11 is 12.4. The lowest BCUT2D eigenvalue weighted by molar-refractivity contribution is -0.113. The van der Waals surface area contributed by atoms with Gasteiger partial charge in [-0.25, -0.2) is 0 Å². The van der Waals surface area contributed by atoms with Crippen molar-refractivity contribution in [2.24, 2.45) is 7.05 Å². The van der Waals surface area contributed by atoms with Crippen LogP contribution in [0.4, 0.5) is 0 Å². The zero-order valence-electron chi connectivity index (χ0n) is 17.1. The normalized spacial score (nSPS) is 17.3. The predicted octanol–water partition coefficient (Wildman–Crippen LogP) is 5.58. The molecule has 0 aliphatic carbocycles. The van der Waals surface area contributed by atoms with Gasteiger partial charge in [-0.1, -0.05) is 66.7 Å². The van der Waals surface area contributed by atoms with Crippen LogP contribution in [-0.2, 0) is 11.8 Å². The average Bonchev–Trinajstić information content (AvgIpc) is 3.17. The Kier molecular flexibility index (Phi) is 7.16. The number of amides is 1. The minimum atomic E-state index is -0.171. The standard InChI is InChI=1S/C25H22Cl2N2O2/c1-4-8-18(17(2)26)13-20-15-29(25(31)23-11-7-12-28(23)3)16-21(24(20)30)14-19-9-5-6-10-22(19)27/h4-14H,1-2,15-16H2,3H3/b18-8-,20-13+,21-14+. The fraction of sp³-hybridized carbons (Fsp3) is 0.120. The number of carbonyl (C=O) groups is 2. The molecule has 3 rings (SSSR count). The van der Waals surface area contributed by atoms with Gasteiger partial charge in [0.05, 0.1) is 13.1 Å². The van der Waals surface area contributed by atoms with E-state index in [1.54, 1.807) is 45.9 Å². The van der Waals surface area contributed by atoms with Crippen molar-refractivity contribution in [3.8, 4) is 0 Å². The molecular weight excluding hydrogens is 431 g/mol. The van der Waals surface area contributed by atoms with Gasteiger partial charge in [0.15, 0.2) is 5.78 Å². The summed E-state index contributed by atoms with van der Waals surface area (Å²) < 4.78 is 1.75. The molecule has 1 aliphatic heterocycles. The number of nitrogens with zero attached hydrogens (tertiary/aromatic N) is 2. The molecule has 0 unspecified atom stereocenters. The van der Waals surface area contributed by atoms with E-state index in [2.05, 4.69) is 13.2 Å². The maximum Gasteiger partial charge on any atom is 0.271 e. The summed E-state index contributed by atoms with van der Waals surface area (Å²) in [7, 11) is 1.81. The summed E-state index contributed by atoms with van der Waals surface area (Å²) in [6.07, 6.45) is 8.44. The van der Waals surface area contributed by atoms with Gasteiger partial charge >= 0.3 is 0 Å². The molecule has 1 aromatic carbocycles. The molecule has 1 fully saturated rings. The maximum atomic E-state index is 13.3. The minimum Gasteiger partial charge on any atom is -0.347 e. The van der Waals surface area contributed by atoms with Crippen LogP contribution in [0.2, 0.25) is 5.02 Å². The van der Waals surface area contributed by atoms with Crippen LogP contribution in [0.3, 0.4) is 0 Å². The SMILES string of the molecule is C=C/C=C(/C=C1\CN(C(=O)c2cccn2C)C/C(=C\c2ccccc2Cl)C1=O)C(=C)Cl. The van der Waals surface area contributed by atoms with Gasteiger partial charge in [0, 0.05) is 34.4 Å². The molecule has 1 aromatic heterocycles. The maximum absolute atomic E-state index is 13.3. The Morgan fingerprint density at radius 1 is 1.13 bits per heavy atom. The van der Waals surface area contributed by atoms with Crippen molar-refractivity contribution >= 4 is 41.0 Å². The molecule has 0 radical (unpaired) electrons. The Balaban J connectivity index is 2.08. The molecule has 2 aromatic rings. The van der Waals surface area contributed by atoms with Crippen molar-refractivity contribution in [1.29, 1.82) is 0 Å². The van der Waals surface area contributed by atoms with Gasteiger partial charge in [-0.05, 0) is 41.5 Å². The van der Waals surface area contributed by atoms with E-state index in [4.69, 9.17) is 23.2 Å². The lowest BCUT2D eigenvalue weighted by Crippen LogP contribution is -2.42. The van der Waals surface area contributed by atoms with Crippen LogP contribution in [0, 0.1) is 0 Å². The van der Waals surface area contributed by atoms with Crippen LogP contribution >= 0.6 is 23.2 Å². The number of aryl methyl sites for hydroxylation is 1. The summed E-state index contributed by atoms with van der Waals surface area (Å²) in [4.78, 5) is 28.1. The molecular formula is C25H22Cl2N2O2. The summed E-state index contributed by atoms with van der Waals surface area (Å²) in [6, 6.07) is 10.8. The van der Waals surface area contributed by atoms with Crippen LogP contribution in [0.15, 0.2) is 95.7 Å². The van der Waals surface area contributed by atoms with Gasteiger partial charge in [0.1, 0.15) is 5.69 Å². The highest BCUT2D eigenvalue weighted by atomic mass is 35.5. The van der Waals surface area contributed by atoms with Gasteiger partial charge in [-0.2, -0.15) is 0 Å². The van der Waals surface area contributed by atoms with Gasteiger partial charge in [-0.3, -0.25) is 9.59 Å². The molecule has 0 spiro atoms. The Morgan fingerprint density at radius 2 is 1.84 bits per heavy atom. The lowest BCUT2D eigenvalue weighted by Gasteiger charge is -2.30. The third kappa shape index (κ3) is 5.16. The fourth-order valence-electron chi connectivity index (χ4n) is 3.34. The summed E-state index contributed by atoms with van der Waals surface area (Å²) in [5.41, 5.74) is 2.71. The molecule has 0 saturated carbocycles. The zero-order valence-corrected chi connectivity index (χ0v) is 18.7. The lowest BCUT2D eigenvalue weighted by atomic mass is 9.93. The smallest absolute Gasteiger partial charge is 0.271 e. The molecule has 4 nitrogen and oxygen atoms in total. The van der Waals surface area contributed by atoms with Crippen LogP contribution in [0.1, 0.15) is 16.1 Å². The van der Waals surface area contributed by atoms with E-state index in [0.29, 0.717) is 33.0 Å². The second kappa shape index (κ2) is 9.82. The first-order chi connectivity index (χ1) is 14.8. The Hall–Kier alpha value is -3.08. The highest BCUT2D eigenvalue weighted by Crippen LogP contribution is 2.26. The molecule has 1 amide bonds. The minimum absolute atomic E-state index is 0.154. The number of aromatic nitrogens is 1. The molecule has 31 heavy (non-hydrogen) atoms. The van der Waals surface area contributed by atoms with Crippen LogP contribution in [-0.4, -0.2) is 34.2 Å². The third-order valence-corrected chi connectivity index (χ3v) is 5.49. The second-order valence-corrected chi connectivity index (χ2v) is 7.98. The molecule has 0 N–H and O–H groups in total. The third-order valence-electron chi connectivity index (χ3n) is 4.93. The number of carbonyl (C=O) groups excluding carboxylic acids is 2. The Morgan fingerprint density at radius 3 is 2.45 bits per heavy atom. The quantitative estimate of drug-likeness (QED) is 0.438. The summed E-state index contributed by atoms with van der Waals surface area (Å²) in [6.45, 7) is 7.75. The van der Waals surface area contributed by atoms with E-state index in [1.165, 1.54) is 0 Å². The van der Waals surface area contributed by atoms with Crippen molar-refractivity contribution in [2.45, 2.75) is 0 Å². The molecule has 0 atom stereocenters. The first-order valence-corrected chi connectivity index (χ1v) is 10.4. The van der Waals surface area contributed by atoms with E-state index >= 15 is 0 Å². The molecule has 6 heteroatoms. The average molecular weight is 453 g/mol. The number of hydrogen-bond donors (Lipinski definition) is 0. The largest absolute Gasteiger partial charge is 0.347 e. The van der Waals surface area contributed by atoms with Crippen LogP contribution in [0.5, 0.6) is 0 Å². The van der Waals surface area contributed by atoms with E-state index in [-0.39, 0.29) is 29.8 Å². The van der Waals surface area contributed by atoms with Crippen molar-refractivity contribution < 1.29 is 9.59 Å².